The van der Waals surface area contributed by atoms with Crippen LogP contribution >= 0.6 is 0 Å². The van der Waals surface area contributed by atoms with Crippen molar-refractivity contribution in [1.82, 2.24) is 0 Å². The maximum atomic E-state index is 12.8. The molecule has 2 saturated carbocycles. The van der Waals surface area contributed by atoms with Crippen molar-refractivity contribution >= 4 is 0 Å². The largest absolute Gasteiger partial charge is 0.383 e. The van der Waals surface area contributed by atoms with E-state index >= 15 is 0 Å². The summed E-state index contributed by atoms with van der Waals surface area (Å²) in [5.74, 6) is -8.88. The third-order valence-electron chi connectivity index (χ3n) is 3.28. The van der Waals surface area contributed by atoms with Crippen LogP contribution in [0, 0.1) is 5.92 Å². The molecule has 5 heteroatoms. The summed E-state index contributed by atoms with van der Waals surface area (Å²) in [4.78, 5) is 0. The molecule has 0 saturated heterocycles. The van der Waals surface area contributed by atoms with Gasteiger partial charge < -0.3 is 5.11 Å². The van der Waals surface area contributed by atoms with Gasteiger partial charge in [-0.25, -0.2) is 0 Å². The van der Waals surface area contributed by atoms with Gasteiger partial charge in [0.05, 0.1) is 6.42 Å². The summed E-state index contributed by atoms with van der Waals surface area (Å²) in [6.45, 7) is 0. The maximum Gasteiger partial charge on any atom is 0.338 e. The summed E-state index contributed by atoms with van der Waals surface area (Å²) >= 11 is 0. The lowest BCUT2D eigenvalue weighted by molar-refractivity contribution is -0.398. The third-order valence-corrected chi connectivity index (χ3v) is 3.28. The lowest BCUT2D eigenvalue weighted by Crippen LogP contribution is -2.75. The van der Waals surface area contributed by atoms with E-state index in [1.807, 2.05) is 0 Å². The summed E-state index contributed by atoms with van der Waals surface area (Å²) in [7, 11) is 0. The first-order valence-corrected chi connectivity index (χ1v) is 4.29. The first-order valence-electron chi connectivity index (χ1n) is 4.29. The van der Waals surface area contributed by atoms with Crippen molar-refractivity contribution in [3.63, 3.8) is 0 Å². The summed E-state index contributed by atoms with van der Waals surface area (Å²) < 4.78 is 50.5. The van der Waals surface area contributed by atoms with E-state index in [2.05, 4.69) is 0 Å². The minimum atomic E-state index is -4.23. The molecule has 1 N–H and O–H groups in total. The SMILES string of the molecule is OC1(C2CCC2)CC(F)(F)C1(F)F. The number of aliphatic hydroxyl groups is 1. The Balaban J connectivity index is 2.19. The van der Waals surface area contributed by atoms with Crippen LogP contribution in [-0.2, 0) is 0 Å². The van der Waals surface area contributed by atoms with Crippen LogP contribution in [0.25, 0.3) is 0 Å². The first kappa shape index (κ1) is 9.24. The van der Waals surface area contributed by atoms with Gasteiger partial charge in [0, 0.05) is 0 Å². The van der Waals surface area contributed by atoms with Crippen LogP contribution in [0.5, 0.6) is 0 Å². The molecular weight excluding hydrogens is 188 g/mol. The predicted molar refractivity (Wildman–Crippen MR) is 36.8 cm³/mol. The fourth-order valence-corrected chi connectivity index (χ4v) is 2.06. The molecule has 13 heavy (non-hydrogen) atoms. The summed E-state index contributed by atoms with van der Waals surface area (Å²) in [6, 6.07) is 0. The molecule has 0 aromatic rings. The molecule has 2 aliphatic rings. The van der Waals surface area contributed by atoms with E-state index in [1.54, 1.807) is 0 Å². The van der Waals surface area contributed by atoms with Crippen molar-refractivity contribution in [3.8, 4) is 0 Å². The molecule has 0 bridgehead atoms. The number of rotatable bonds is 1. The van der Waals surface area contributed by atoms with Gasteiger partial charge in [0.2, 0.25) is 0 Å². The molecule has 76 valence electrons. The highest BCUT2D eigenvalue weighted by molar-refractivity contribution is 5.18. The highest BCUT2D eigenvalue weighted by atomic mass is 19.3. The van der Waals surface area contributed by atoms with E-state index in [1.165, 1.54) is 0 Å². The molecule has 0 aromatic carbocycles. The Hall–Kier alpha value is -0.320. The van der Waals surface area contributed by atoms with Gasteiger partial charge in [-0.05, 0) is 18.8 Å². The van der Waals surface area contributed by atoms with E-state index in [0.29, 0.717) is 12.8 Å². The maximum absolute atomic E-state index is 12.8. The fraction of sp³-hybridized carbons (Fsp3) is 1.00. The number of hydrogen-bond donors (Lipinski definition) is 1. The third kappa shape index (κ3) is 0.860. The smallest absolute Gasteiger partial charge is 0.338 e. The Morgan fingerprint density at radius 3 is 1.85 bits per heavy atom. The second-order valence-corrected chi connectivity index (χ2v) is 4.01. The zero-order valence-corrected chi connectivity index (χ0v) is 6.86. The molecule has 1 unspecified atom stereocenters. The zero-order chi connectivity index (χ0) is 9.91. The number of halogens is 4. The Kier molecular flexibility index (Phi) is 1.56. The average molecular weight is 198 g/mol. The van der Waals surface area contributed by atoms with Crippen molar-refractivity contribution in [1.29, 1.82) is 0 Å². The Bertz CT molecular complexity index is 236. The van der Waals surface area contributed by atoms with E-state index in [4.69, 9.17) is 0 Å². The normalized spacial score (nSPS) is 42.2. The van der Waals surface area contributed by atoms with Crippen LogP contribution in [-0.4, -0.2) is 22.6 Å². The zero-order valence-electron chi connectivity index (χ0n) is 6.86. The molecule has 1 atom stereocenters. The van der Waals surface area contributed by atoms with Gasteiger partial charge in [0.1, 0.15) is 5.60 Å². The molecule has 1 nitrogen and oxygen atoms in total. The van der Waals surface area contributed by atoms with Gasteiger partial charge >= 0.3 is 11.8 Å². The number of alkyl halides is 4. The molecule has 0 spiro atoms. The standard InChI is InChI=1S/C8H10F4O/c9-7(10)4-6(13,8(7,11)12)5-2-1-3-5/h5,13H,1-4H2. The van der Waals surface area contributed by atoms with Crippen LogP contribution in [0.1, 0.15) is 25.7 Å². The summed E-state index contributed by atoms with van der Waals surface area (Å²) in [6.07, 6.45) is 0.524. The minimum Gasteiger partial charge on any atom is -0.383 e. The Labute approximate surface area is 72.7 Å². The first-order chi connectivity index (χ1) is 5.81. The highest BCUT2D eigenvalue weighted by Gasteiger charge is 2.82. The van der Waals surface area contributed by atoms with E-state index in [9.17, 15) is 22.7 Å². The van der Waals surface area contributed by atoms with Gasteiger partial charge in [-0.15, -0.1) is 0 Å². The molecular formula is C8H10F4O. The van der Waals surface area contributed by atoms with Crippen molar-refractivity contribution < 1.29 is 22.7 Å². The van der Waals surface area contributed by atoms with Gasteiger partial charge in [0.25, 0.3) is 0 Å². The van der Waals surface area contributed by atoms with E-state index in [-0.39, 0.29) is 0 Å². The Morgan fingerprint density at radius 2 is 1.62 bits per heavy atom. The summed E-state index contributed by atoms with van der Waals surface area (Å²) in [5, 5.41) is 9.36. The minimum absolute atomic E-state index is 0.433. The van der Waals surface area contributed by atoms with Crippen molar-refractivity contribution in [3.05, 3.63) is 0 Å². The van der Waals surface area contributed by atoms with Crippen LogP contribution in [0.15, 0.2) is 0 Å². The second kappa shape index (κ2) is 2.19. The van der Waals surface area contributed by atoms with Gasteiger partial charge in [-0.1, -0.05) is 6.42 Å². The van der Waals surface area contributed by atoms with E-state index < -0.39 is 29.8 Å². The lowest BCUT2D eigenvalue weighted by Gasteiger charge is -2.56. The quantitative estimate of drug-likeness (QED) is 0.640. The Morgan fingerprint density at radius 1 is 1.08 bits per heavy atom. The topological polar surface area (TPSA) is 20.2 Å². The number of hydrogen-bond acceptors (Lipinski definition) is 1. The van der Waals surface area contributed by atoms with Crippen LogP contribution in [0.3, 0.4) is 0 Å². The van der Waals surface area contributed by atoms with Gasteiger partial charge in [-0.3, -0.25) is 0 Å². The van der Waals surface area contributed by atoms with Crippen LogP contribution in [0.4, 0.5) is 17.6 Å². The molecule has 0 heterocycles. The molecule has 2 rings (SSSR count). The molecule has 0 aliphatic heterocycles. The van der Waals surface area contributed by atoms with Gasteiger partial charge in [0.15, 0.2) is 0 Å². The molecule has 0 radical (unpaired) electrons. The van der Waals surface area contributed by atoms with Crippen LogP contribution < -0.4 is 0 Å². The van der Waals surface area contributed by atoms with Gasteiger partial charge in [-0.2, -0.15) is 17.6 Å². The highest BCUT2D eigenvalue weighted by Crippen LogP contribution is 2.63. The monoisotopic (exact) mass is 198 g/mol. The molecule has 0 amide bonds. The van der Waals surface area contributed by atoms with Crippen LogP contribution in [0.2, 0.25) is 0 Å². The second-order valence-electron chi connectivity index (χ2n) is 4.01. The lowest BCUT2D eigenvalue weighted by atomic mass is 9.59. The van der Waals surface area contributed by atoms with Crippen molar-refractivity contribution in [2.24, 2.45) is 5.92 Å². The molecule has 2 fully saturated rings. The summed E-state index contributed by atoms with van der Waals surface area (Å²) in [5.41, 5.74) is -2.44. The molecule has 2 aliphatic carbocycles. The molecule has 0 aromatic heterocycles. The average Bonchev–Trinajstić information content (AvgIpc) is 1.80. The van der Waals surface area contributed by atoms with E-state index in [0.717, 1.165) is 6.42 Å². The predicted octanol–water partition coefficient (Wildman–Crippen LogP) is 2.19. The van der Waals surface area contributed by atoms with Crippen molar-refractivity contribution in [2.45, 2.75) is 43.1 Å². The fourth-order valence-electron chi connectivity index (χ4n) is 2.06. The van der Waals surface area contributed by atoms with Crippen molar-refractivity contribution in [2.75, 3.05) is 0 Å².